The smallest absolute Gasteiger partial charge is 0.0674 e. The van der Waals surface area contributed by atoms with Gasteiger partial charge in [-0.25, -0.2) is 0 Å². The Morgan fingerprint density at radius 1 is 1.47 bits per heavy atom. The molecule has 2 unspecified atom stereocenters. The number of rotatable bonds is 3. The zero-order valence-corrected chi connectivity index (χ0v) is 10.7. The summed E-state index contributed by atoms with van der Waals surface area (Å²) in [7, 11) is 0. The number of nitrogens with zero attached hydrogens (tertiary/aromatic N) is 1. The van der Waals surface area contributed by atoms with Crippen molar-refractivity contribution in [1.29, 1.82) is 0 Å². The van der Waals surface area contributed by atoms with Crippen molar-refractivity contribution in [1.82, 2.24) is 4.90 Å². The summed E-state index contributed by atoms with van der Waals surface area (Å²) in [5, 5.41) is 0. The van der Waals surface area contributed by atoms with Crippen molar-refractivity contribution in [3.8, 4) is 0 Å². The molecule has 1 saturated heterocycles. The third-order valence-corrected chi connectivity index (χ3v) is 3.37. The molecule has 2 atom stereocenters. The van der Waals surface area contributed by atoms with E-state index in [1.54, 1.807) is 0 Å². The number of aryl methyl sites for hydroxylation is 1. The lowest BCUT2D eigenvalue weighted by atomic mass is 10.0. The minimum absolute atomic E-state index is 0.0986. The first-order chi connectivity index (χ1) is 8.16. The predicted molar refractivity (Wildman–Crippen MR) is 70.0 cm³/mol. The van der Waals surface area contributed by atoms with Crippen molar-refractivity contribution in [2.24, 2.45) is 5.73 Å². The van der Waals surface area contributed by atoms with Gasteiger partial charge in [-0.15, -0.1) is 0 Å². The highest BCUT2D eigenvalue weighted by Gasteiger charge is 2.19. The van der Waals surface area contributed by atoms with Crippen LogP contribution in [0.25, 0.3) is 0 Å². The molecule has 1 aliphatic rings. The molecule has 1 fully saturated rings. The van der Waals surface area contributed by atoms with Gasteiger partial charge in [-0.3, -0.25) is 4.90 Å². The molecule has 1 heterocycles. The molecule has 17 heavy (non-hydrogen) atoms. The van der Waals surface area contributed by atoms with Gasteiger partial charge in [0.25, 0.3) is 0 Å². The lowest BCUT2D eigenvalue weighted by Crippen LogP contribution is -2.44. The van der Waals surface area contributed by atoms with Gasteiger partial charge < -0.3 is 10.5 Å². The van der Waals surface area contributed by atoms with Crippen molar-refractivity contribution < 1.29 is 4.74 Å². The average Bonchev–Trinajstić information content (AvgIpc) is 2.29. The van der Waals surface area contributed by atoms with E-state index in [0.29, 0.717) is 6.10 Å². The van der Waals surface area contributed by atoms with Crippen LogP contribution in [0, 0.1) is 6.92 Å². The molecule has 0 saturated carbocycles. The van der Waals surface area contributed by atoms with Crippen LogP contribution in [0.15, 0.2) is 24.3 Å². The first kappa shape index (κ1) is 12.6. The first-order valence-electron chi connectivity index (χ1n) is 6.32. The maximum atomic E-state index is 6.29. The van der Waals surface area contributed by atoms with Crippen LogP contribution in [0.2, 0.25) is 0 Å². The van der Waals surface area contributed by atoms with Gasteiger partial charge in [-0.05, 0) is 25.0 Å². The van der Waals surface area contributed by atoms with E-state index in [4.69, 9.17) is 10.5 Å². The van der Waals surface area contributed by atoms with Crippen LogP contribution in [-0.2, 0) is 4.74 Å². The molecule has 3 nitrogen and oxygen atoms in total. The van der Waals surface area contributed by atoms with E-state index in [0.717, 1.165) is 26.2 Å². The molecule has 2 N–H and O–H groups in total. The fourth-order valence-corrected chi connectivity index (χ4v) is 2.44. The minimum Gasteiger partial charge on any atom is -0.376 e. The highest BCUT2D eigenvalue weighted by Crippen LogP contribution is 2.17. The third kappa shape index (κ3) is 3.28. The van der Waals surface area contributed by atoms with E-state index >= 15 is 0 Å². The molecule has 3 heteroatoms. The van der Waals surface area contributed by atoms with Crippen molar-refractivity contribution in [2.45, 2.75) is 26.0 Å². The standard InChI is InChI=1S/C14H22N2O/c1-11-5-3-4-6-13(11)14(15)10-16-7-8-17-12(2)9-16/h3-6,12,14H,7-10,15H2,1-2H3. The van der Waals surface area contributed by atoms with Gasteiger partial charge in [0.15, 0.2) is 0 Å². The van der Waals surface area contributed by atoms with Crippen LogP contribution in [0.3, 0.4) is 0 Å². The molecule has 0 radical (unpaired) electrons. The van der Waals surface area contributed by atoms with E-state index in [1.807, 2.05) is 0 Å². The Balaban J connectivity index is 1.97. The van der Waals surface area contributed by atoms with Crippen LogP contribution in [0.1, 0.15) is 24.1 Å². The molecular weight excluding hydrogens is 212 g/mol. The second kappa shape index (κ2) is 5.63. The summed E-state index contributed by atoms with van der Waals surface area (Å²) in [6, 6.07) is 8.47. The van der Waals surface area contributed by atoms with Crippen LogP contribution in [-0.4, -0.2) is 37.2 Å². The number of morpholine rings is 1. The molecule has 2 rings (SSSR count). The van der Waals surface area contributed by atoms with Crippen molar-refractivity contribution in [3.63, 3.8) is 0 Å². The molecule has 1 aliphatic heterocycles. The van der Waals surface area contributed by atoms with Crippen molar-refractivity contribution >= 4 is 0 Å². The number of hydrogen-bond donors (Lipinski definition) is 1. The Morgan fingerprint density at radius 2 is 2.24 bits per heavy atom. The number of benzene rings is 1. The molecule has 0 bridgehead atoms. The number of hydrogen-bond acceptors (Lipinski definition) is 3. The summed E-state index contributed by atoms with van der Waals surface area (Å²) >= 11 is 0. The summed E-state index contributed by atoms with van der Waals surface area (Å²) in [4.78, 5) is 2.39. The van der Waals surface area contributed by atoms with E-state index < -0.39 is 0 Å². The lowest BCUT2D eigenvalue weighted by Gasteiger charge is -2.33. The number of nitrogens with two attached hydrogens (primary N) is 1. The van der Waals surface area contributed by atoms with E-state index in [1.165, 1.54) is 11.1 Å². The molecule has 94 valence electrons. The second-order valence-electron chi connectivity index (χ2n) is 4.90. The van der Waals surface area contributed by atoms with E-state index in [9.17, 15) is 0 Å². The summed E-state index contributed by atoms with van der Waals surface area (Å²) in [6.07, 6.45) is 0.327. The Bertz CT molecular complexity index is 367. The molecule has 0 aromatic heterocycles. The summed E-state index contributed by atoms with van der Waals surface area (Å²) in [6.45, 7) is 7.95. The van der Waals surface area contributed by atoms with Gasteiger partial charge in [0.2, 0.25) is 0 Å². The van der Waals surface area contributed by atoms with E-state index in [2.05, 4.69) is 43.0 Å². The van der Waals surface area contributed by atoms with E-state index in [-0.39, 0.29) is 6.04 Å². The van der Waals surface area contributed by atoms with Crippen LogP contribution in [0.4, 0.5) is 0 Å². The average molecular weight is 234 g/mol. The van der Waals surface area contributed by atoms with Gasteiger partial charge in [0.05, 0.1) is 12.7 Å². The van der Waals surface area contributed by atoms with Crippen LogP contribution in [0.5, 0.6) is 0 Å². The molecule has 1 aromatic rings. The van der Waals surface area contributed by atoms with Crippen molar-refractivity contribution in [2.75, 3.05) is 26.2 Å². The quantitative estimate of drug-likeness (QED) is 0.865. The zero-order valence-electron chi connectivity index (χ0n) is 10.7. The Hall–Kier alpha value is -0.900. The predicted octanol–water partition coefficient (Wildman–Crippen LogP) is 1.72. The largest absolute Gasteiger partial charge is 0.376 e. The molecule has 1 aromatic carbocycles. The number of ether oxygens (including phenoxy) is 1. The van der Waals surface area contributed by atoms with Gasteiger partial charge in [0, 0.05) is 25.7 Å². The van der Waals surface area contributed by atoms with Crippen LogP contribution < -0.4 is 5.73 Å². The monoisotopic (exact) mass is 234 g/mol. The normalized spacial score (nSPS) is 23.6. The SMILES string of the molecule is Cc1ccccc1C(N)CN1CCOC(C)C1. The maximum absolute atomic E-state index is 6.29. The van der Waals surface area contributed by atoms with Crippen LogP contribution >= 0.6 is 0 Å². The van der Waals surface area contributed by atoms with Gasteiger partial charge in [-0.1, -0.05) is 24.3 Å². The highest BCUT2D eigenvalue weighted by atomic mass is 16.5. The molecule has 0 spiro atoms. The van der Waals surface area contributed by atoms with Crippen molar-refractivity contribution in [3.05, 3.63) is 35.4 Å². The van der Waals surface area contributed by atoms with Gasteiger partial charge in [-0.2, -0.15) is 0 Å². The summed E-state index contributed by atoms with van der Waals surface area (Å²) in [5.41, 5.74) is 8.82. The second-order valence-corrected chi connectivity index (χ2v) is 4.90. The summed E-state index contributed by atoms with van der Waals surface area (Å²) in [5.74, 6) is 0. The third-order valence-electron chi connectivity index (χ3n) is 3.37. The fourth-order valence-electron chi connectivity index (χ4n) is 2.44. The molecule has 0 amide bonds. The zero-order chi connectivity index (χ0) is 12.3. The Morgan fingerprint density at radius 3 is 2.94 bits per heavy atom. The maximum Gasteiger partial charge on any atom is 0.0674 e. The molecular formula is C14H22N2O. The first-order valence-corrected chi connectivity index (χ1v) is 6.32. The van der Waals surface area contributed by atoms with Gasteiger partial charge >= 0.3 is 0 Å². The topological polar surface area (TPSA) is 38.5 Å². The lowest BCUT2D eigenvalue weighted by molar-refractivity contribution is -0.0199. The molecule has 0 aliphatic carbocycles. The summed E-state index contributed by atoms with van der Waals surface area (Å²) < 4.78 is 5.54. The Labute approximate surface area is 104 Å². The fraction of sp³-hybridized carbons (Fsp3) is 0.571. The van der Waals surface area contributed by atoms with Gasteiger partial charge in [0.1, 0.15) is 0 Å². The Kier molecular flexibility index (Phi) is 4.15. The highest BCUT2D eigenvalue weighted by molar-refractivity contribution is 5.28. The minimum atomic E-state index is 0.0986.